The third-order valence-corrected chi connectivity index (χ3v) is 4.80. The molecule has 122 valence electrons. The van der Waals surface area contributed by atoms with Crippen LogP contribution in [0.2, 0.25) is 0 Å². The molecule has 1 atom stereocenters. The zero-order valence-corrected chi connectivity index (χ0v) is 13.7. The van der Waals surface area contributed by atoms with E-state index in [2.05, 4.69) is 10.3 Å². The minimum atomic E-state index is -0.470. The Labute approximate surface area is 137 Å². The summed E-state index contributed by atoms with van der Waals surface area (Å²) in [6.45, 7) is 4.20. The minimum Gasteiger partial charge on any atom is -0.330 e. The molecule has 1 aliphatic heterocycles. The number of hydrogen-bond acceptors (Lipinski definition) is 3. The van der Waals surface area contributed by atoms with E-state index in [0.717, 1.165) is 22.8 Å². The van der Waals surface area contributed by atoms with Crippen molar-refractivity contribution in [2.75, 3.05) is 6.54 Å². The van der Waals surface area contributed by atoms with Crippen molar-refractivity contribution >= 4 is 17.4 Å². The van der Waals surface area contributed by atoms with Gasteiger partial charge >= 0.3 is 6.03 Å². The highest BCUT2D eigenvalue weighted by Gasteiger charge is 2.26. The van der Waals surface area contributed by atoms with Crippen LogP contribution in [0.15, 0.2) is 17.5 Å². The van der Waals surface area contributed by atoms with E-state index < -0.39 is 11.6 Å². The molecule has 0 saturated heterocycles. The summed E-state index contributed by atoms with van der Waals surface area (Å²) in [7, 11) is 0. The van der Waals surface area contributed by atoms with Gasteiger partial charge in [0, 0.05) is 17.5 Å². The molecule has 1 aromatic heterocycles. The lowest BCUT2D eigenvalue weighted by atomic mass is 9.99. The van der Waals surface area contributed by atoms with Crippen LogP contribution in [0, 0.1) is 18.6 Å². The normalized spacial score (nSPS) is 15.2. The minimum absolute atomic E-state index is 0.0770. The smallest absolute Gasteiger partial charge is 0.318 e. The van der Waals surface area contributed by atoms with E-state index in [9.17, 15) is 13.6 Å². The molecule has 1 aromatic carbocycles. The number of amides is 2. The third kappa shape index (κ3) is 3.19. The van der Waals surface area contributed by atoms with Crippen molar-refractivity contribution in [2.45, 2.75) is 32.9 Å². The topological polar surface area (TPSA) is 45.2 Å². The number of hydrogen-bond donors (Lipinski definition) is 1. The van der Waals surface area contributed by atoms with E-state index >= 15 is 0 Å². The fourth-order valence-corrected chi connectivity index (χ4v) is 3.40. The average molecular weight is 337 g/mol. The summed E-state index contributed by atoms with van der Waals surface area (Å²) < 4.78 is 27.6. The van der Waals surface area contributed by atoms with Crippen molar-refractivity contribution in [2.24, 2.45) is 0 Å². The summed E-state index contributed by atoms with van der Waals surface area (Å²) >= 11 is 1.52. The van der Waals surface area contributed by atoms with Gasteiger partial charge in [0.25, 0.3) is 0 Å². The Balaban J connectivity index is 1.71. The molecule has 1 aliphatic rings. The summed E-state index contributed by atoms with van der Waals surface area (Å²) in [6.07, 6.45) is 0.316. The number of thiazole rings is 1. The van der Waals surface area contributed by atoms with Gasteiger partial charge in [-0.2, -0.15) is 0 Å². The maximum atomic E-state index is 13.9. The van der Waals surface area contributed by atoms with Crippen LogP contribution in [0.3, 0.4) is 0 Å². The molecule has 0 fully saturated rings. The molecule has 0 aliphatic carbocycles. The largest absolute Gasteiger partial charge is 0.330 e. The maximum Gasteiger partial charge on any atom is 0.318 e. The molecule has 2 aromatic rings. The Morgan fingerprint density at radius 2 is 2.04 bits per heavy atom. The van der Waals surface area contributed by atoms with Crippen LogP contribution in [-0.4, -0.2) is 22.5 Å². The Morgan fingerprint density at radius 1 is 1.35 bits per heavy atom. The van der Waals surface area contributed by atoms with Crippen molar-refractivity contribution < 1.29 is 13.6 Å². The lowest BCUT2D eigenvalue weighted by Crippen LogP contribution is -2.44. The lowest BCUT2D eigenvalue weighted by molar-refractivity contribution is 0.187. The molecule has 0 bridgehead atoms. The van der Waals surface area contributed by atoms with E-state index in [1.807, 2.05) is 19.2 Å². The first-order valence-electron chi connectivity index (χ1n) is 7.39. The SMILES string of the molecule is Cc1nc([C@H](C)NC(=O)N2CCc3c(F)ccc(F)c3C2)cs1. The van der Waals surface area contributed by atoms with Crippen molar-refractivity contribution in [3.8, 4) is 0 Å². The summed E-state index contributed by atoms with van der Waals surface area (Å²) in [5.74, 6) is -0.880. The predicted molar refractivity (Wildman–Crippen MR) is 84.3 cm³/mol. The number of rotatable bonds is 2. The van der Waals surface area contributed by atoms with Crippen LogP contribution < -0.4 is 5.32 Å². The number of benzene rings is 1. The Bertz CT molecular complexity index is 747. The summed E-state index contributed by atoms with van der Waals surface area (Å²) in [4.78, 5) is 18.2. The van der Waals surface area contributed by atoms with Gasteiger partial charge in [0.2, 0.25) is 0 Å². The number of nitrogens with zero attached hydrogens (tertiary/aromatic N) is 2. The van der Waals surface area contributed by atoms with E-state index in [1.165, 1.54) is 16.2 Å². The van der Waals surface area contributed by atoms with Gasteiger partial charge in [0.15, 0.2) is 0 Å². The Kier molecular flexibility index (Phi) is 4.30. The second-order valence-electron chi connectivity index (χ2n) is 5.62. The molecule has 23 heavy (non-hydrogen) atoms. The zero-order chi connectivity index (χ0) is 16.6. The number of nitrogens with one attached hydrogen (secondary N) is 1. The number of halogens is 2. The number of aromatic nitrogens is 1. The maximum absolute atomic E-state index is 13.9. The van der Waals surface area contributed by atoms with Crippen molar-refractivity contribution in [1.82, 2.24) is 15.2 Å². The van der Waals surface area contributed by atoms with Gasteiger partial charge in [-0.3, -0.25) is 0 Å². The van der Waals surface area contributed by atoms with Gasteiger partial charge in [-0.25, -0.2) is 18.6 Å². The number of urea groups is 1. The Morgan fingerprint density at radius 3 is 2.70 bits per heavy atom. The van der Waals surface area contributed by atoms with Gasteiger partial charge in [0.05, 0.1) is 23.3 Å². The molecular formula is C16H17F2N3OS. The number of aryl methyl sites for hydroxylation is 1. The molecule has 0 unspecified atom stereocenters. The fraction of sp³-hybridized carbons (Fsp3) is 0.375. The second kappa shape index (κ2) is 6.23. The molecule has 1 N–H and O–H groups in total. The molecular weight excluding hydrogens is 320 g/mol. The average Bonchev–Trinajstić information content (AvgIpc) is 2.97. The van der Waals surface area contributed by atoms with Crippen molar-refractivity contribution in [3.63, 3.8) is 0 Å². The molecule has 4 nitrogen and oxygen atoms in total. The quantitative estimate of drug-likeness (QED) is 0.911. The highest BCUT2D eigenvalue weighted by atomic mass is 32.1. The molecule has 0 radical (unpaired) electrons. The first kappa shape index (κ1) is 15.9. The van der Waals surface area contributed by atoms with Gasteiger partial charge < -0.3 is 10.2 Å². The van der Waals surface area contributed by atoms with Crippen LogP contribution >= 0.6 is 11.3 Å². The molecule has 2 amide bonds. The van der Waals surface area contributed by atoms with E-state index in [0.29, 0.717) is 18.5 Å². The van der Waals surface area contributed by atoms with E-state index in [-0.39, 0.29) is 24.2 Å². The molecule has 0 spiro atoms. The number of carbonyl (C=O) groups is 1. The predicted octanol–water partition coefficient (Wildman–Crippen LogP) is 3.56. The second-order valence-corrected chi connectivity index (χ2v) is 6.68. The highest BCUT2D eigenvalue weighted by Crippen LogP contribution is 2.25. The summed E-state index contributed by atoms with van der Waals surface area (Å²) in [5.41, 5.74) is 1.44. The van der Waals surface area contributed by atoms with E-state index in [1.54, 1.807) is 0 Å². The van der Waals surface area contributed by atoms with Crippen LogP contribution in [0.4, 0.5) is 13.6 Å². The monoisotopic (exact) mass is 337 g/mol. The Hall–Kier alpha value is -2.02. The molecule has 7 heteroatoms. The van der Waals surface area contributed by atoms with Crippen LogP contribution in [0.25, 0.3) is 0 Å². The van der Waals surface area contributed by atoms with Gasteiger partial charge in [-0.05, 0) is 38.0 Å². The molecule has 3 rings (SSSR count). The molecule has 2 heterocycles. The number of fused-ring (bicyclic) bond motifs is 1. The van der Waals surface area contributed by atoms with Gasteiger partial charge in [-0.15, -0.1) is 11.3 Å². The number of carbonyl (C=O) groups excluding carboxylic acids is 1. The first-order valence-corrected chi connectivity index (χ1v) is 8.27. The summed E-state index contributed by atoms with van der Waals surface area (Å²) in [5, 5.41) is 5.70. The van der Waals surface area contributed by atoms with Crippen LogP contribution in [0.1, 0.15) is 34.8 Å². The van der Waals surface area contributed by atoms with Crippen LogP contribution in [0.5, 0.6) is 0 Å². The fourth-order valence-electron chi connectivity index (χ4n) is 2.70. The zero-order valence-electron chi connectivity index (χ0n) is 12.9. The first-order chi connectivity index (χ1) is 11.0. The standard InChI is InChI=1S/C16H17F2N3OS/c1-9(15-8-23-10(2)20-15)19-16(22)21-6-5-11-12(7-21)14(18)4-3-13(11)17/h3-4,8-9H,5-7H2,1-2H3,(H,19,22)/t9-/m0/s1. The lowest BCUT2D eigenvalue weighted by Gasteiger charge is -2.30. The third-order valence-electron chi connectivity index (χ3n) is 4.01. The van der Waals surface area contributed by atoms with E-state index in [4.69, 9.17) is 0 Å². The van der Waals surface area contributed by atoms with Crippen molar-refractivity contribution in [3.05, 3.63) is 51.0 Å². The van der Waals surface area contributed by atoms with Crippen LogP contribution in [-0.2, 0) is 13.0 Å². The van der Waals surface area contributed by atoms with Gasteiger partial charge in [0.1, 0.15) is 11.6 Å². The summed E-state index contributed by atoms with van der Waals surface area (Å²) in [6, 6.07) is 1.72. The molecule has 0 saturated carbocycles. The highest BCUT2D eigenvalue weighted by molar-refractivity contribution is 7.09. The van der Waals surface area contributed by atoms with Crippen molar-refractivity contribution in [1.29, 1.82) is 0 Å². The van der Waals surface area contributed by atoms with Gasteiger partial charge in [-0.1, -0.05) is 0 Å².